The second-order valence-electron chi connectivity index (χ2n) is 9.04. The van der Waals surface area contributed by atoms with Crippen molar-refractivity contribution in [1.82, 2.24) is 19.9 Å². The first-order valence-corrected chi connectivity index (χ1v) is 13.8. The van der Waals surface area contributed by atoms with Crippen molar-refractivity contribution < 1.29 is 9.00 Å². The number of anilines is 1. The smallest absolute Gasteiger partial charge is 0.251 e. The zero-order valence-corrected chi connectivity index (χ0v) is 21.0. The second-order valence-corrected chi connectivity index (χ2v) is 11.6. The van der Waals surface area contributed by atoms with E-state index < -0.39 is 10.8 Å². The van der Waals surface area contributed by atoms with Crippen molar-refractivity contribution in [3.05, 3.63) is 46.2 Å². The summed E-state index contributed by atoms with van der Waals surface area (Å²) < 4.78 is 14.1. The van der Waals surface area contributed by atoms with E-state index in [-0.39, 0.29) is 5.91 Å². The van der Waals surface area contributed by atoms with Gasteiger partial charge in [0.15, 0.2) is 5.65 Å². The number of carbonyl (C=O) groups is 1. The minimum absolute atomic E-state index is 0.00347. The number of nitrogens with one attached hydrogen (secondary N) is 2. The normalized spacial score (nSPS) is 20.7. The number of hydrogen-bond donors (Lipinski definition) is 2. The molecule has 1 aliphatic carbocycles. The molecule has 0 bridgehead atoms. The van der Waals surface area contributed by atoms with Gasteiger partial charge >= 0.3 is 0 Å². The van der Waals surface area contributed by atoms with Crippen LogP contribution >= 0.6 is 15.9 Å². The molecule has 2 aliphatic rings. The van der Waals surface area contributed by atoms with Crippen LogP contribution in [-0.4, -0.2) is 48.8 Å². The Morgan fingerprint density at radius 1 is 1.21 bits per heavy atom. The van der Waals surface area contributed by atoms with Gasteiger partial charge in [-0.25, -0.2) is 9.50 Å². The molecule has 1 saturated carbocycles. The van der Waals surface area contributed by atoms with E-state index in [4.69, 9.17) is 0 Å². The van der Waals surface area contributed by atoms with Crippen LogP contribution in [-0.2, 0) is 10.8 Å². The number of aromatic nitrogens is 3. The lowest BCUT2D eigenvalue weighted by Gasteiger charge is -2.21. The lowest BCUT2D eigenvalue weighted by Crippen LogP contribution is -2.26. The maximum Gasteiger partial charge on any atom is 0.251 e. The van der Waals surface area contributed by atoms with E-state index in [0.29, 0.717) is 17.5 Å². The SMILES string of the molecule is Cc1cc(-c2cnc3c(NCCC4CCS(=O)CC4)cc(Br)nn23)ccc1C(=O)NC1CC1. The summed E-state index contributed by atoms with van der Waals surface area (Å²) in [7, 11) is -0.616. The lowest BCUT2D eigenvalue weighted by molar-refractivity contribution is 0.0950. The van der Waals surface area contributed by atoms with Crippen LogP contribution in [0.4, 0.5) is 5.69 Å². The molecule has 1 aromatic carbocycles. The minimum atomic E-state index is -0.616. The monoisotopic (exact) mass is 529 g/mol. The Bertz CT molecular complexity index is 1210. The zero-order valence-electron chi connectivity index (χ0n) is 18.6. The first-order valence-electron chi connectivity index (χ1n) is 11.5. The van der Waals surface area contributed by atoms with Crippen LogP contribution in [0.3, 0.4) is 0 Å². The van der Waals surface area contributed by atoms with E-state index in [1.165, 1.54) is 0 Å². The number of imidazole rings is 1. The van der Waals surface area contributed by atoms with Crippen molar-refractivity contribution >= 4 is 44.0 Å². The molecule has 33 heavy (non-hydrogen) atoms. The molecule has 7 nitrogen and oxygen atoms in total. The van der Waals surface area contributed by atoms with Gasteiger partial charge in [0.1, 0.15) is 4.60 Å². The van der Waals surface area contributed by atoms with Gasteiger partial charge in [-0.15, -0.1) is 0 Å². The molecule has 1 amide bonds. The molecule has 0 unspecified atom stereocenters. The number of fused-ring (bicyclic) bond motifs is 1. The third kappa shape index (κ3) is 5.14. The summed E-state index contributed by atoms with van der Waals surface area (Å²) in [6, 6.07) is 8.16. The van der Waals surface area contributed by atoms with Gasteiger partial charge in [-0.3, -0.25) is 9.00 Å². The number of hydrogen-bond acceptors (Lipinski definition) is 5. The molecule has 9 heteroatoms. The fraction of sp³-hybridized carbons (Fsp3) is 0.458. The summed E-state index contributed by atoms with van der Waals surface area (Å²) in [5, 5.41) is 11.2. The van der Waals surface area contributed by atoms with Crippen LogP contribution in [0.15, 0.2) is 35.1 Å². The summed E-state index contributed by atoms with van der Waals surface area (Å²) in [5.41, 5.74) is 5.19. The number of nitrogens with zero attached hydrogens (tertiary/aromatic N) is 3. The largest absolute Gasteiger partial charge is 0.382 e. The minimum Gasteiger partial charge on any atom is -0.382 e. The zero-order chi connectivity index (χ0) is 22.9. The molecule has 5 rings (SSSR count). The molecule has 3 aromatic rings. The van der Waals surface area contributed by atoms with Crippen LogP contribution in [0.2, 0.25) is 0 Å². The molecule has 2 N–H and O–H groups in total. The third-order valence-corrected chi connectivity index (χ3v) is 8.26. The first-order chi connectivity index (χ1) is 16.0. The highest BCUT2D eigenvalue weighted by atomic mass is 79.9. The van der Waals surface area contributed by atoms with Crippen molar-refractivity contribution in [3.63, 3.8) is 0 Å². The standard InChI is InChI=1S/C24H28BrN5O2S/c1-15-12-17(2-5-19(15)24(31)28-18-3-4-18)21-14-27-23-20(13-22(25)29-30(21)23)26-9-6-16-7-10-33(32)11-8-16/h2,5,12-14,16,18,26H,3-4,6-11H2,1H3,(H,28,31). The quantitative estimate of drug-likeness (QED) is 0.475. The molecule has 1 aliphatic heterocycles. The number of amides is 1. The Hall–Kier alpha value is -2.26. The molecule has 0 spiro atoms. The molecule has 174 valence electrons. The second kappa shape index (κ2) is 9.54. The number of halogens is 1. The summed E-state index contributed by atoms with van der Waals surface area (Å²) in [6.45, 7) is 2.81. The number of aryl methyl sites for hydroxylation is 1. The van der Waals surface area contributed by atoms with E-state index in [0.717, 1.165) is 82.9 Å². The van der Waals surface area contributed by atoms with Crippen LogP contribution in [0, 0.1) is 12.8 Å². The van der Waals surface area contributed by atoms with Gasteiger partial charge in [-0.2, -0.15) is 5.10 Å². The Kier molecular flexibility index (Phi) is 6.51. The van der Waals surface area contributed by atoms with Crippen molar-refractivity contribution in [2.24, 2.45) is 5.92 Å². The fourth-order valence-corrected chi connectivity index (χ4v) is 6.16. The van der Waals surface area contributed by atoms with Crippen molar-refractivity contribution in [2.45, 2.75) is 45.1 Å². The van der Waals surface area contributed by atoms with Crippen LogP contribution in [0.25, 0.3) is 16.9 Å². The highest BCUT2D eigenvalue weighted by Crippen LogP contribution is 2.28. The number of rotatable bonds is 7. The molecule has 0 radical (unpaired) electrons. The van der Waals surface area contributed by atoms with Gasteiger partial charge in [0.05, 0.1) is 17.6 Å². The highest BCUT2D eigenvalue weighted by molar-refractivity contribution is 9.10. The summed E-state index contributed by atoms with van der Waals surface area (Å²) in [5.74, 6) is 2.29. The van der Waals surface area contributed by atoms with Gasteiger partial charge in [0, 0.05) is 46.0 Å². The molecular weight excluding hydrogens is 502 g/mol. The summed E-state index contributed by atoms with van der Waals surface area (Å²) in [6.07, 6.45) is 7.12. The van der Waals surface area contributed by atoms with Crippen molar-refractivity contribution in [3.8, 4) is 11.3 Å². The summed E-state index contributed by atoms with van der Waals surface area (Å²) in [4.78, 5) is 17.1. The lowest BCUT2D eigenvalue weighted by atomic mass is 9.99. The van der Waals surface area contributed by atoms with Crippen molar-refractivity contribution in [1.29, 1.82) is 0 Å². The van der Waals surface area contributed by atoms with Gasteiger partial charge < -0.3 is 10.6 Å². The van der Waals surface area contributed by atoms with E-state index in [9.17, 15) is 9.00 Å². The van der Waals surface area contributed by atoms with E-state index in [1.807, 2.05) is 41.9 Å². The first kappa shape index (κ1) is 22.5. The predicted molar refractivity (Wildman–Crippen MR) is 135 cm³/mol. The average molecular weight is 530 g/mol. The maximum absolute atomic E-state index is 12.5. The Balaban J connectivity index is 1.34. The molecule has 0 atom stereocenters. The molecule has 3 heterocycles. The predicted octanol–water partition coefficient (Wildman–Crippen LogP) is 4.32. The Labute approximate surface area is 204 Å². The highest BCUT2D eigenvalue weighted by Gasteiger charge is 2.24. The van der Waals surface area contributed by atoms with Gasteiger partial charge in [0.2, 0.25) is 0 Å². The van der Waals surface area contributed by atoms with Crippen molar-refractivity contribution in [2.75, 3.05) is 23.4 Å². The van der Waals surface area contributed by atoms with Crippen LogP contribution < -0.4 is 10.6 Å². The number of benzene rings is 1. The Morgan fingerprint density at radius 3 is 2.73 bits per heavy atom. The third-order valence-electron chi connectivity index (χ3n) is 6.49. The maximum atomic E-state index is 12.5. The van der Waals surface area contributed by atoms with E-state index in [2.05, 4.69) is 36.6 Å². The van der Waals surface area contributed by atoms with Crippen LogP contribution in [0.5, 0.6) is 0 Å². The average Bonchev–Trinajstić information content (AvgIpc) is 3.50. The molecule has 2 fully saturated rings. The van der Waals surface area contributed by atoms with Gasteiger partial charge in [-0.1, -0.05) is 6.07 Å². The molecule has 1 saturated heterocycles. The van der Waals surface area contributed by atoms with Crippen LogP contribution in [0.1, 0.15) is 48.0 Å². The fourth-order valence-electron chi connectivity index (χ4n) is 4.38. The van der Waals surface area contributed by atoms with E-state index >= 15 is 0 Å². The summed E-state index contributed by atoms with van der Waals surface area (Å²) >= 11 is 3.54. The van der Waals surface area contributed by atoms with E-state index in [1.54, 1.807) is 0 Å². The van der Waals surface area contributed by atoms with Gasteiger partial charge in [-0.05, 0) is 84.6 Å². The van der Waals surface area contributed by atoms with Gasteiger partial charge in [0.25, 0.3) is 5.91 Å². The molecular formula is C24H28BrN5O2S. The topological polar surface area (TPSA) is 88.4 Å². The number of carbonyl (C=O) groups excluding carboxylic acids is 1. The Morgan fingerprint density at radius 2 is 2.00 bits per heavy atom. The molecule has 2 aromatic heterocycles.